The molecule has 0 atom stereocenters. The van der Waals surface area contributed by atoms with Crippen LogP contribution >= 0.6 is 0 Å². The summed E-state index contributed by atoms with van der Waals surface area (Å²) < 4.78 is 26.6. The third-order valence-electron chi connectivity index (χ3n) is 2.90. The number of nitrogens with zero attached hydrogens (tertiary/aromatic N) is 2. The molecule has 1 aromatic heterocycles. The second kappa shape index (κ2) is 6.30. The van der Waals surface area contributed by atoms with Gasteiger partial charge in [-0.2, -0.15) is 0 Å². The summed E-state index contributed by atoms with van der Waals surface area (Å²) in [5.41, 5.74) is 0.470. The summed E-state index contributed by atoms with van der Waals surface area (Å²) in [6, 6.07) is 6.33. The van der Waals surface area contributed by atoms with Gasteiger partial charge in [0.1, 0.15) is 17.5 Å². The van der Waals surface area contributed by atoms with Gasteiger partial charge in [-0.05, 0) is 24.3 Å². The van der Waals surface area contributed by atoms with E-state index in [1.807, 2.05) is 25.1 Å². The van der Waals surface area contributed by atoms with Gasteiger partial charge in [0.15, 0.2) is 0 Å². The standard InChI is InChI=1S/C15H15F2N3O/c1-20(2)14-10(4-3-7-18-14)9-19-15(21)12-8-11(16)5-6-13(12)17/h3-8H,9H2,1-2H3,(H,19,21). The number of halogens is 2. The number of pyridine rings is 1. The third-order valence-corrected chi connectivity index (χ3v) is 2.90. The number of nitrogens with one attached hydrogen (secondary N) is 1. The second-order valence-corrected chi connectivity index (χ2v) is 4.69. The summed E-state index contributed by atoms with van der Waals surface area (Å²) in [6.45, 7) is 0.177. The topological polar surface area (TPSA) is 45.2 Å². The van der Waals surface area contributed by atoms with Crippen molar-refractivity contribution in [2.45, 2.75) is 6.54 Å². The van der Waals surface area contributed by atoms with Gasteiger partial charge in [0.2, 0.25) is 0 Å². The number of aromatic nitrogens is 1. The van der Waals surface area contributed by atoms with E-state index in [2.05, 4.69) is 10.3 Å². The Kier molecular flexibility index (Phi) is 4.47. The lowest BCUT2D eigenvalue weighted by molar-refractivity contribution is 0.0946. The summed E-state index contributed by atoms with van der Waals surface area (Å²) in [6.07, 6.45) is 1.65. The highest BCUT2D eigenvalue weighted by atomic mass is 19.1. The molecule has 4 nitrogen and oxygen atoms in total. The molecule has 21 heavy (non-hydrogen) atoms. The van der Waals surface area contributed by atoms with Crippen molar-refractivity contribution in [2.75, 3.05) is 19.0 Å². The van der Waals surface area contributed by atoms with Crippen LogP contribution in [0, 0.1) is 11.6 Å². The van der Waals surface area contributed by atoms with Gasteiger partial charge in [-0.25, -0.2) is 13.8 Å². The van der Waals surface area contributed by atoms with E-state index in [0.717, 1.165) is 23.8 Å². The maximum absolute atomic E-state index is 13.5. The van der Waals surface area contributed by atoms with Crippen molar-refractivity contribution in [3.8, 4) is 0 Å². The molecule has 0 fully saturated rings. The Bertz CT molecular complexity index is 659. The van der Waals surface area contributed by atoms with Crippen molar-refractivity contribution >= 4 is 11.7 Å². The molecule has 0 saturated carbocycles. The lowest BCUT2D eigenvalue weighted by atomic mass is 10.2. The number of anilines is 1. The minimum atomic E-state index is -0.757. The van der Waals surface area contributed by atoms with Crippen LogP contribution in [0.1, 0.15) is 15.9 Å². The van der Waals surface area contributed by atoms with E-state index in [1.165, 1.54) is 0 Å². The van der Waals surface area contributed by atoms with Gasteiger partial charge < -0.3 is 10.2 Å². The average molecular weight is 291 g/mol. The summed E-state index contributed by atoms with van der Waals surface area (Å²) in [4.78, 5) is 17.9. The molecule has 110 valence electrons. The van der Waals surface area contributed by atoms with Gasteiger partial charge in [-0.15, -0.1) is 0 Å². The highest BCUT2D eigenvalue weighted by Crippen LogP contribution is 2.15. The molecule has 0 radical (unpaired) electrons. The molecule has 0 saturated heterocycles. The summed E-state index contributed by atoms with van der Waals surface area (Å²) in [5, 5.41) is 2.57. The molecule has 1 heterocycles. The second-order valence-electron chi connectivity index (χ2n) is 4.69. The number of amides is 1. The smallest absolute Gasteiger partial charge is 0.254 e. The monoisotopic (exact) mass is 291 g/mol. The first-order valence-electron chi connectivity index (χ1n) is 6.33. The Labute approximate surface area is 121 Å². The zero-order valence-corrected chi connectivity index (χ0v) is 11.7. The van der Waals surface area contributed by atoms with Gasteiger partial charge in [0, 0.05) is 32.4 Å². The lowest BCUT2D eigenvalue weighted by Gasteiger charge is -2.16. The predicted octanol–water partition coefficient (Wildman–Crippen LogP) is 2.36. The summed E-state index contributed by atoms with van der Waals surface area (Å²) in [5.74, 6) is -1.37. The van der Waals surface area contributed by atoms with E-state index in [4.69, 9.17) is 0 Å². The van der Waals surface area contributed by atoms with Crippen molar-refractivity contribution in [1.29, 1.82) is 0 Å². The molecule has 0 unspecified atom stereocenters. The summed E-state index contributed by atoms with van der Waals surface area (Å²) in [7, 11) is 3.67. The Balaban J connectivity index is 2.13. The Morgan fingerprint density at radius 1 is 1.29 bits per heavy atom. The number of hydrogen-bond donors (Lipinski definition) is 1. The fraction of sp³-hybridized carbons (Fsp3) is 0.200. The maximum Gasteiger partial charge on any atom is 0.254 e. The highest BCUT2D eigenvalue weighted by Gasteiger charge is 2.13. The molecule has 1 amide bonds. The van der Waals surface area contributed by atoms with Gasteiger partial charge in [-0.3, -0.25) is 4.79 Å². The molecule has 0 bridgehead atoms. The molecule has 0 aliphatic rings. The van der Waals surface area contributed by atoms with Crippen molar-refractivity contribution in [3.05, 3.63) is 59.3 Å². The fourth-order valence-electron chi connectivity index (χ4n) is 1.91. The van der Waals surface area contributed by atoms with Crippen LogP contribution in [0.2, 0.25) is 0 Å². The van der Waals surface area contributed by atoms with Crippen LogP contribution < -0.4 is 10.2 Å². The average Bonchev–Trinajstić information content (AvgIpc) is 2.47. The first kappa shape index (κ1) is 14.9. The van der Waals surface area contributed by atoms with Crippen molar-refractivity contribution in [2.24, 2.45) is 0 Å². The molecular weight excluding hydrogens is 276 g/mol. The van der Waals surface area contributed by atoms with Crippen LogP contribution in [0.5, 0.6) is 0 Å². The number of rotatable bonds is 4. The minimum Gasteiger partial charge on any atom is -0.362 e. The molecule has 0 spiro atoms. The lowest BCUT2D eigenvalue weighted by Crippen LogP contribution is -2.25. The number of carbonyl (C=O) groups excluding carboxylic acids is 1. The van der Waals surface area contributed by atoms with E-state index in [1.54, 1.807) is 12.3 Å². The molecule has 1 aromatic carbocycles. The van der Waals surface area contributed by atoms with Crippen molar-refractivity contribution < 1.29 is 13.6 Å². The molecule has 1 N–H and O–H groups in total. The Morgan fingerprint density at radius 3 is 2.76 bits per heavy atom. The van der Waals surface area contributed by atoms with Gasteiger partial charge in [-0.1, -0.05) is 6.07 Å². The maximum atomic E-state index is 13.5. The van der Waals surface area contributed by atoms with Crippen LogP contribution in [-0.2, 0) is 6.54 Å². The van der Waals surface area contributed by atoms with E-state index >= 15 is 0 Å². The molecule has 2 rings (SSSR count). The zero-order valence-electron chi connectivity index (χ0n) is 11.7. The van der Waals surface area contributed by atoms with E-state index in [9.17, 15) is 13.6 Å². The van der Waals surface area contributed by atoms with Crippen LogP contribution in [0.25, 0.3) is 0 Å². The molecule has 0 aliphatic carbocycles. The summed E-state index contributed by atoms with van der Waals surface area (Å²) >= 11 is 0. The molecule has 2 aromatic rings. The normalized spacial score (nSPS) is 10.3. The number of hydrogen-bond acceptors (Lipinski definition) is 3. The zero-order chi connectivity index (χ0) is 15.4. The number of benzene rings is 1. The fourth-order valence-corrected chi connectivity index (χ4v) is 1.91. The van der Waals surface area contributed by atoms with Crippen molar-refractivity contribution in [3.63, 3.8) is 0 Å². The van der Waals surface area contributed by atoms with Crippen LogP contribution in [0.4, 0.5) is 14.6 Å². The quantitative estimate of drug-likeness (QED) is 0.940. The third kappa shape index (κ3) is 3.53. The first-order valence-corrected chi connectivity index (χ1v) is 6.33. The molecule has 6 heteroatoms. The predicted molar refractivity (Wildman–Crippen MR) is 76.1 cm³/mol. The highest BCUT2D eigenvalue weighted by molar-refractivity contribution is 5.94. The van der Waals surface area contributed by atoms with Crippen LogP contribution in [-0.4, -0.2) is 25.0 Å². The Hall–Kier alpha value is -2.50. The van der Waals surface area contributed by atoms with Gasteiger partial charge in [0.05, 0.1) is 5.56 Å². The largest absolute Gasteiger partial charge is 0.362 e. The van der Waals surface area contributed by atoms with E-state index in [0.29, 0.717) is 5.82 Å². The minimum absolute atomic E-state index is 0.177. The van der Waals surface area contributed by atoms with Gasteiger partial charge >= 0.3 is 0 Å². The van der Waals surface area contributed by atoms with Gasteiger partial charge in [0.25, 0.3) is 5.91 Å². The van der Waals surface area contributed by atoms with E-state index < -0.39 is 17.5 Å². The van der Waals surface area contributed by atoms with Crippen LogP contribution in [0.3, 0.4) is 0 Å². The molecule has 0 aliphatic heterocycles. The van der Waals surface area contributed by atoms with E-state index in [-0.39, 0.29) is 12.1 Å². The Morgan fingerprint density at radius 2 is 2.05 bits per heavy atom. The van der Waals surface area contributed by atoms with Crippen molar-refractivity contribution in [1.82, 2.24) is 10.3 Å². The number of carbonyl (C=O) groups is 1. The molecular formula is C15H15F2N3O. The SMILES string of the molecule is CN(C)c1ncccc1CNC(=O)c1cc(F)ccc1F. The van der Waals surface area contributed by atoms with Crippen LogP contribution in [0.15, 0.2) is 36.5 Å². The first-order chi connectivity index (χ1) is 9.99.